The van der Waals surface area contributed by atoms with Crippen molar-refractivity contribution in [2.24, 2.45) is 7.05 Å². The molecule has 0 amide bonds. The lowest BCUT2D eigenvalue weighted by Gasteiger charge is -2.07. The van der Waals surface area contributed by atoms with Crippen molar-refractivity contribution >= 4 is 10.0 Å². The Morgan fingerprint density at radius 3 is 2.70 bits per heavy atom. The van der Waals surface area contributed by atoms with E-state index in [1.54, 1.807) is 10.9 Å². The minimum atomic E-state index is -3.18. The highest BCUT2D eigenvalue weighted by molar-refractivity contribution is 7.89. The maximum absolute atomic E-state index is 11.8. The number of rotatable bonds is 11. The molecule has 0 saturated heterocycles. The van der Waals surface area contributed by atoms with Gasteiger partial charge in [-0.15, -0.1) is 10.2 Å². The highest BCUT2D eigenvalue weighted by Crippen LogP contribution is 1.96. The third-order valence-corrected chi connectivity index (χ3v) is 4.39. The summed E-state index contributed by atoms with van der Waals surface area (Å²) in [6.07, 6.45) is 4.81. The van der Waals surface area contributed by atoms with Gasteiger partial charge in [0.25, 0.3) is 0 Å². The maximum Gasteiger partial charge on any atom is 0.211 e. The molecule has 0 aliphatic rings. The van der Waals surface area contributed by atoms with Crippen LogP contribution >= 0.6 is 0 Å². The second-order valence-electron chi connectivity index (χ2n) is 4.78. The van der Waals surface area contributed by atoms with Crippen LogP contribution < -0.4 is 10.0 Å². The van der Waals surface area contributed by atoms with Gasteiger partial charge in [-0.05, 0) is 32.4 Å². The van der Waals surface area contributed by atoms with Gasteiger partial charge in [-0.2, -0.15) is 0 Å². The Labute approximate surface area is 121 Å². The molecule has 7 nitrogen and oxygen atoms in total. The first-order valence-electron chi connectivity index (χ1n) is 7.06. The zero-order chi connectivity index (χ0) is 14.8. The number of unbranched alkanes of at least 4 members (excludes halogenated alkanes) is 1. The molecule has 1 rings (SSSR count). The Hall–Kier alpha value is -0.990. The molecule has 0 bridgehead atoms. The lowest BCUT2D eigenvalue weighted by atomic mass is 10.3. The van der Waals surface area contributed by atoms with Crippen LogP contribution in [0.4, 0.5) is 0 Å². The van der Waals surface area contributed by atoms with E-state index in [0.29, 0.717) is 19.4 Å². The van der Waals surface area contributed by atoms with Crippen LogP contribution in [0.1, 0.15) is 32.0 Å². The molecule has 0 unspecified atom stereocenters. The van der Waals surface area contributed by atoms with Gasteiger partial charge in [0.15, 0.2) is 0 Å². The van der Waals surface area contributed by atoms with Crippen molar-refractivity contribution in [2.75, 3.05) is 25.4 Å². The Bertz CT molecular complexity index is 472. The molecule has 116 valence electrons. The Kier molecular flexibility index (Phi) is 7.71. The first-order valence-corrected chi connectivity index (χ1v) is 8.71. The zero-order valence-corrected chi connectivity index (χ0v) is 13.1. The van der Waals surface area contributed by atoms with Gasteiger partial charge in [-0.1, -0.05) is 6.92 Å². The Balaban J connectivity index is 2.13. The maximum atomic E-state index is 11.8. The summed E-state index contributed by atoms with van der Waals surface area (Å²) < 4.78 is 27.9. The van der Waals surface area contributed by atoms with Crippen molar-refractivity contribution in [3.05, 3.63) is 12.2 Å². The highest BCUT2D eigenvalue weighted by Gasteiger charge is 2.10. The molecular formula is C12H25N5O2S. The van der Waals surface area contributed by atoms with E-state index in [-0.39, 0.29) is 5.75 Å². The molecule has 0 aromatic carbocycles. The van der Waals surface area contributed by atoms with Crippen LogP contribution in [0.5, 0.6) is 0 Å². The van der Waals surface area contributed by atoms with Gasteiger partial charge in [0, 0.05) is 20.0 Å². The van der Waals surface area contributed by atoms with Crippen molar-refractivity contribution in [1.82, 2.24) is 24.8 Å². The number of hydrogen-bond acceptors (Lipinski definition) is 5. The topological polar surface area (TPSA) is 88.9 Å². The van der Waals surface area contributed by atoms with Gasteiger partial charge in [0.1, 0.15) is 12.2 Å². The Morgan fingerprint density at radius 1 is 1.25 bits per heavy atom. The van der Waals surface area contributed by atoms with Gasteiger partial charge in [0.05, 0.1) is 5.75 Å². The smallest absolute Gasteiger partial charge is 0.211 e. The van der Waals surface area contributed by atoms with E-state index in [4.69, 9.17) is 0 Å². The molecule has 1 heterocycles. The van der Waals surface area contributed by atoms with Gasteiger partial charge >= 0.3 is 0 Å². The van der Waals surface area contributed by atoms with Crippen molar-refractivity contribution in [3.8, 4) is 0 Å². The van der Waals surface area contributed by atoms with Gasteiger partial charge in [-0.25, -0.2) is 13.1 Å². The van der Waals surface area contributed by atoms with Crippen molar-refractivity contribution in [3.63, 3.8) is 0 Å². The molecule has 0 spiro atoms. The number of nitrogens with zero attached hydrogens (tertiary/aromatic N) is 3. The SMILES string of the molecule is CCCNCCCCS(=O)(=O)NCCc1nncn1C. The molecule has 8 heteroatoms. The number of nitrogens with one attached hydrogen (secondary N) is 2. The van der Waals surface area contributed by atoms with Crippen molar-refractivity contribution < 1.29 is 8.42 Å². The lowest BCUT2D eigenvalue weighted by molar-refractivity contribution is 0.571. The van der Waals surface area contributed by atoms with Crippen LogP contribution in [0.3, 0.4) is 0 Å². The van der Waals surface area contributed by atoms with E-state index in [0.717, 1.165) is 31.8 Å². The average molecular weight is 303 g/mol. The standard InChI is InChI=1S/C12H25N5O2S/c1-3-7-13-8-4-5-10-20(18,19)15-9-6-12-16-14-11-17(12)2/h11,13,15H,3-10H2,1-2H3. The first kappa shape index (κ1) is 17.1. The summed E-state index contributed by atoms with van der Waals surface area (Å²) >= 11 is 0. The number of sulfonamides is 1. The fourth-order valence-corrected chi connectivity index (χ4v) is 2.91. The molecule has 20 heavy (non-hydrogen) atoms. The molecular weight excluding hydrogens is 278 g/mol. The highest BCUT2D eigenvalue weighted by atomic mass is 32.2. The summed E-state index contributed by atoms with van der Waals surface area (Å²) in [4.78, 5) is 0. The molecule has 0 atom stereocenters. The predicted octanol–water partition coefficient (Wildman–Crippen LogP) is 0.0568. The van der Waals surface area contributed by atoms with Crippen LogP contribution in [-0.2, 0) is 23.5 Å². The lowest BCUT2D eigenvalue weighted by Crippen LogP contribution is -2.29. The minimum Gasteiger partial charge on any atom is -0.321 e. The zero-order valence-electron chi connectivity index (χ0n) is 12.3. The van der Waals surface area contributed by atoms with Crippen molar-refractivity contribution in [2.45, 2.75) is 32.6 Å². The van der Waals surface area contributed by atoms with Crippen LogP contribution in [0.15, 0.2) is 6.33 Å². The fraction of sp³-hybridized carbons (Fsp3) is 0.833. The molecule has 1 aromatic rings. The van der Waals surface area contributed by atoms with E-state index in [1.807, 2.05) is 7.05 Å². The van der Waals surface area contributed by atoms with E-state index < -0.39 is 10.0 Å². The predicted molar refractivity (Wildman–Crippen MR) is 78.9 cm³/mol. The number of aromatic nitrogens is 3. The summed E-state index contributed by atoms with van der Waals surface area (Å²) in [5.41, 5.74) is 0. The van der Waals surface area contributed by atoms with Crippen LogP contribution in [0.2, 0.25) is 0 Å². The van der Waals surface area contributed by atoms with E-state index >= 15 is 0 Å². The normalized spacial score (nSPS) is 11.9. The first-order chi connectivity index (χ1) is 9.55. The van der Waals surface area contributed by atoms with E-state index in [9.17, 15) is 8.42 Å². The summed E-state index contributed by atoms with van der Waals surface area (Å²) in [5, 5.41) is 10.9. The molecule has 0 radical (unpaired) electrons. The molecule has 0 fully saturated rings. The van der Waals surface area contributed by atoms with Gasteiger partial charge in [-0.3, -0.25) is 0 Å². The number of aryl methyl sites for hydroxylation is 1. The fourth-order valence-electron chi connectivity index (χ4n) is 1.77. The molecule has 1 aromatic heterocycles. The summed E-state index contributed by atoms with van der Waals surface area (Å²) in [7, 11) is -1.34. The van der Waals surface area contributed by atoms with Crippen LogP contribution in [0, 0.1) is 0 Å². The van der Waals surface area contributed by atoms with Gasteiger partial charge < -0.3 is 9.88 Å². The summed E-state index contributed by atoms with van der Waals surface area (Å²) in [6, 6.07) is 0. The van der Waals surface area contributed by atoms with Crippen molar-refractivity contribution in [1.29, 1.82) is 0 Å². The van der Waals surface area contributed by atoms with Gasteiger partial charge in [0.2, 0.25) is 10.0 Å². The monoisotopic (exact) mass is 303 g/mol. The molecule has 2 N–H and O–H groups in total. The largest absolute Gasteiger partial charge is 0.321 e. The minimum absolute atomic E-state index is 0.180. The van der Waals surface area contributed by atoms with E-state index in [2.05, 4.69) is 27.2 Å². The summed E-state index contributed by atoms with van der Waals surface area (Å²) in [6.45, 7) is 4.34. The van der Waals surface area contributed by atoms with Crippen LogP contribution in [0.25, 0.3) is 0 Å². The summed E-state index contributed by atoms with van der Waals surface area (Å²) in [5.74, 6) is 0.955. The van der Waals surface area contributed by atoms with E-state index in [1.165, 1.54) is 0 Å². The quantitative estimate of drug-likeness (QED) is 0.564. The second-order valence-corrected chi connectivity index (χ2v) is 6.70. The second kappa shape index (κ2) is 9.04. The van der Waals surface area contributed by atoms with Crippen LogP contribution in [-0.4, -0.2) is 48.6 Å². The molecule has 0 aliphatic heterocycles. The average Bonchev–Trinajstić information content (AvgIpc) is 2.79. The Morgan fingerprint density at radius 2 is 2.05 bits per heavy atom. The molecule has 0 saturated carbocycles. The molecule has 0 aliphatic carbocycles. The third kappa shape index (κ3) is 6.97. The third-order valence-electron chi connectivity index (χ3n) is 2.92. The number of hydrogen-bond donors (Lipinski definition) is 2.